The molecule has 6 heteroatoms. The van der Waals surface area contributed by atoms with Gasteiger partial charge in [-0.15, -0.1) is 12.4 Å². The summed E-state index contributed by atoms with van der Waals surface area (Å²) in [7, 11) is -3.33. The van der Waals surface area contributed by atoms with Crippen LogP contribution in [0.25, 0.3) is 0 Å². The van der Waals surface area contributed by atoms with E-state index >= 15 is 0 Å². The molecule has 0 spiro atoms. The minimum absolute atomic E-state index is 0. The topological polar surface area (TPSA) is 72.2 Å². The van der Waals surface area contributed by atoms with Crippen LogP contribution in [0.5, 0.6) is 0 Å². The number of nitrogens with one attached hydrogen (secondary N) is 1. The van der Waals surface area contributed by atoms with Crippen molar-refractivity contribution >= 4 is 22.4 Å². The third kappa shape index (κ3) is 6.22. The van der Waals surface area contributed by atoms with E-state index in [1.807, 2.05) is 45.0 Å². The van der Waals surface area contributed by atoms with Crippen molar-refractivity contribution in [2.45, 2.75) is 44.9 Å². The van der Waals surface area contributed by atoms with Crippen molar-refractivity contribution in [3.63, 3.8) is 0 Å². The van der Waals surface area contributed by atoms with Crippen LogP contribution < -0.4 is 10.5 Å². The molecule has 116 valence electrons. The zero-order chi connectivity index (χ0) is 14.5. The highest BCUT2D eigenvalue weighted by molar-refractivity contribution is 7.88. The third-order valence-corrected chi connectivity index (χ3v) is 4.79. The fraction of sp³-hybridized carbons (Fsp3) is 0.571. The first-order chi connectivity index (χ1) is 8.80. The maximum absolute atomic E-state index is 12.0. The van der Waals surface area contributed by atoms with Crippen LogP contribution in [-0.4, -0.2) is 20.5 Å². The number of rotatable bonds is 7. The van der Waals surface area contributed by atoms with E-state index in [1.54, 1.807) is 0 Å². The van der Waals surface area contributed by atoms with Crippen molar-refractivity contribution < 1.29 is 8.42 Å². The Morgan fingerprint density at radius 1 is 1.25 bits per heavy atom. The van der Waals surface area contributed by atoms with Gasteiger partial charge in [0, 0.05) is 12.1 Å². The van der Waals surface area contributed by atoms with Gasteiger partial charge in [-0.25, -0.2) is 13.1 Å². The van der Waals surface area contributed by atoms with Crippen LogP contribution in [0.4, 0.5) is 0 Å². The Morgan fingerprint density at radius 2 is 1.85 bits per heavy atom. The number of benzene rings is 1. The van der Waals surface area contributed by atoms with Gasteiger partial charge in [-0.1, -0.05) is 43.7 Å². The van der Waals surface area contributed by atoms with Crippen molar-refractivity contribution in [3.05, 3.63) is 35.4 Å². The van der Waals surface area contributed by atoms with Gasteiger partial charge < -0.3 is 5.73 Å². The summed E-state index contributed by atoms with van der Waals surface area (Å²) in [4.78, 5) is 0. The van der Waals surface area contributed by atoms with Gasteiger partial charge >= 0.3 is 0 Å². The highest BCUT2D eigenvalue weighted by Gasteiger charge is 2.23. The molecule has 0 aliphatic carbocycles. The minimum Gasteiger partial charge on any atom is -0.324 e. The predicted molar refractivity (Wildman–Crippen MR) is 86.6 cm³/mol. The third-order valence-electron chi connectivity index (χ3n) is 3.49. The summed E-state index contributed by atoms with van der Waals surface area (Å²) in [5, 5.41) is 0. The number of halogens is 1. The van der Waals surface area contributed by atoms with Crippen LogP contribution in [0.3, 0.4) is 0 Å². The molecule has 4 nitrogen and oxygen atoms in total. The molecule has 0 saturated heterocycles. The largest absolute Gasteiger partial charge is 0.324 e. The summed E-state index contributed by atoms with van der Waals surface area (Å²) < 4.78 is 26.7. The number of nitrogens with two attached hydrogens (primary N) is 1. The van der Waals surface area contributed by atoms with E-state index in [4.69, 9.17) is 5.73 Å². The predicted octanol–water partition coefficient (Wildman–Crippen LogP) is 2.35. The average molecular weight is 321 g/mol. The SMILES string of the molecule is CCC(N)(CC)CNS(=O)(=O)Cc1cccc(C)c1.Cl. The van der Waals surface area contributed by atoms with Crippen LogP contribution in [0.15, 0.2) is 24.3 Å². The van der Waals surface area contributed by atoms with E-state index in [0.717, 1.165) is 24.0 Å². The molecule has 0 atom stereocenters. The molecule has 0 saturated carbocycles. The molecule has 1 rings (SSSR count). The van der Waals surface area contributed by atoms with Gasteiger partial charge in [0.25, 0.3) is 0 Å². The number of aryl methyl sites for hydroxylation is 1. The second kappa shape index (κ2) is 7.98. The summed E-state index contributed by atoms with van der Waals surface area (Å²) in [5.74, 6) is -0.00180. The second-order valence-corrected chi connectivity index (χ2v) is 6.95. The monoisotopic (exact) mass is 320 g/mol. The van der Waals surface area contributed by atoms with E-state index in [2.05, 4.69) is 4.72 Å². The molecule has 0 aromatic heterocycles. The lowest BCUT2D eigenvalue weighted by molar-refractivity contribution is 0.391. The molecular weight excluding hydrogens is 296 g/mol. The summed E-state index contributed by atoms with van der Waals surface area (Å²) in [6.45, 7) is 6.17. The Balaban J connectivity index is 0.00000361. The fourth-order valence-electron chi connectivity index (χ4n) is 1.83. The van der Waals surface area contributed by atoms with E-state index in [0.29, 0.717) is 0 Å². The second-order valence-electron chi connectivity index (χ2n) is 5.14. The summed E-state index contributed by atoms with van der Waals surface area (Å²) in [6.07, 6.45) is 1.49. The molecule has 0 heterocycles. The number of sulfonamides is 1. The van der Waals surface area contributed by atoms with Crippen LogP contribution in [0.1, 0.15) is 37.8 Å². The molecule has 0 bridgehead atoms. The van der Waals surface area contributed by atoms with Crippen molar-refractivity contribution in [2.75, 3.05) is 6.54 Å². The zero-order valence-electron chi connectivity index (χ0n) is 12.3. The summed E-state index contributed by atoms with van der Waals surface area (Å²) in [5.41, 5.74) is 7.49. The quantitative estimate of drug-likeness (QED) is 0.810. The highest BCUT2D eigenvalue weighted by Crippen LogP contribution is 2.12. The first-order valence-corrected chi connectivity index (χ1v) is 8.27. The van der Waals surface area contributed by atoms with Crippen molar-refractivity contribution in [1.29, 1.82) is 0 Å². The van der Waals surface area contributed by atoms with E-state index in [-0.39, 0.29) is 24.7 Å². The molecule has 1 aromatic carbocycles. The molecule has 0 aliphatic heterocycles. The van der Waals surface area contributed by atoms with Crippen LogP contribution >= 0.6 is 12.4 Å². The van der Waals surface area contributed by atoms with Crippen LogP contribution in [0, 0.1) is 6.92 Å². The molecule has 0 amide bonds. The Bertz CT molecular complexity index is 514. The molecule has 3 N–H and O–H groups in total. The number of hydrogen-bond acceptors (Lipinski definition) is 3. The van der Waals surface area contributed by atoms with Gasteiger partial charge in [0.05, 0.1) is 5.75 Å². The van der Waals surface area contributed by atoms with Crippen LogP contribution in [-0.2, 0) is 15.8 Å². The first-order valence-electron chi connectivity index (χ1n) is 6.62. The highest BCUT2D eigenvalue weighted by atomic mass is 35.5. The molecular formula is C14H25ClN2O2S. The Morgan fingerprint density at radius 3 is 2.35 bits per heavy atom. The van der Waals surface area contributed by atoms with Crippen molar-refractivity contribution in [1.82, 2.24) is 4.72 Å². The van der Waals surface area contributed by atoms with Crippen molar-refractivity contribution in [3.8, 4) is 0 Å². The van der Waals surface area contributed by atoms with Crippen molar-refractivity contribution in [2.24, 2.45) is 5.73 Å². The zero-order valence-corrected chi connectivity index (χ0v) is 14.0. The lowest BCUT2D eigenvalue weighted by Gasteiger charge is -2.26. The molecule has 0 fully saturated rings. The van der Waals surface area contributed by atoms with Gasteiger partial charge in [-0.3, -0.25) is 0 Å². The van der Waals surface area contributed by atoms with Gasteiger partial charge in [-0.05, 0) is 25.3 Å². The normalized spacial score (nSPS) is 12.0. The molecule has 0 radical (unpaired) electrons. The van der Waals surface area contributed by atoms with E-state index in [9.17, 15) is 8.42 Å². The number of hydrogen-bond donors (Lipinski definition) is 2. The van der Waals surface area contributed by atoms with Gasteiger partial charge in [0.2, 0.25) is 10.0 Å². The van der Waals surface area contributed by atoms with Crippen LogP contribution in [0.2, 0.25) is 0 Å². The van der Waals surface area contributed by atoms with E-state index < -0.39 is 15.6 Å². The fourth-order valence-corrected chi connectivity index (χ4v) is 3.05. The summed E-state index contributed by atoms with van der Waals surface area (Å²) in [6, 6.07) is 7.52. The standard InChI is InChI=1S/C14H24N2O2S.ClH/c1-4-14(15,5-2)11-16-19(17,18)10-13-8-6-7-12(3)9-13;/h6-9,16H,4-5,10-11,15H2,1-3H3;1H. The lowest BCUT2D eigenvalue weighted by Crippen LogP contribution is -2.49. The summed E-state index contributed by atoms with van der Waals surface area (Å²) >= 11 is 0. The molecule has 0 unspecified atom stereocenters. The van der Waals surface area contributed by atoms with Gasteiger partial charge in [-0.2, -0.15) is 0 Å². The maximum atomic E-state index is 12.0. The van der Waals surface area contributed by atoms with E-state index in [1.165, 1.54) is 0 Å². The smallest absolute Gasteiger partial charge is 0.215 e. The lowest BCUT2D eigenvalue weighted by atomic mass is 9.95. The molecule has 20 heavy (non-hydrogen) atoms. The van der Waals surface area contributed by atoms with Gasteiger partial charge in [0.15, 0.2) is 0 Å². The molecule has 0 aliphatic rings. The minimum atomic E-state index is -3.33. The Kier molecular flexibility index (Phi) is 7.73. The van der Waals surface area contributed by atoms with Gasteiger partial charge in [0.1, 0.15) is 0 Å². The first kappa shape index (κ1) is 19.4. The Hall–Kier alpha value is -0.620. The Labute approximate surface area is 128 Å². The maximum Gasteiger partial charge on any atom is 0.215 e. The average Bonchev–Trinajstić information content (AvgIpc) is 2.36. The molecule has 1 aromatic rings.